The number of rotatable bonds is 1. The number of anilines is 2. The smallest absolute Gasteiger partial charge is 0.177 e. The molecule has 1 aliphatic rings. The molecule has 22 heavy (non-hydrogen) atoms. The average Bonchev–Trinajstić information content (AvgIpc) is 2.49. The first-order valence-electron chi connectivity index (χ1n) is 7.18. The van der Waals surface area contributed by atoms with Gasteiger partial charge in [0.15, 0.2) is 5.11 Å². The highest BCUT2D eigenvalue weighted by Crippen LogP contribution is 2.30. The molecule has 0 radical (unpaired) electrons. The maximum atomic E-state index is 6.26. The van der Waals surface area contributed by atoms with Crippen LogP contribution in [-0.4, -0.2) is 11.7 Å². The standard InChI is InChI=1S/C17H16BrClN2S/c1-11-4-7-16-12(9-11)3-2-8-21(16)17(22)20-15-6-5-13(18)10-14(15)19/h4-7,9-10H,2-3,8H2,1H3,(H,20,22). The first kappa shape index (κ1) is 15.8. The summed E-state index contributed by atoms with van der Waals surface area (Å²) >= 11 is 15.3. The van der Waals surface area contributed by atoms with Gasteiger partial charge in [-0.3, -0.25) is 0 Å². The molecule has 0 bridgehead atoms. The van der Waals surface area contributed by atoms with Crippen molar-refractivity contribution in [3.05, 3.63) is 57.0 Å². The van der Waals surface area contributed by atoms with E-state index < -0.39 is 0 Å². The number of nitrogens with zero attached hydrogens (tertiary/aromatic N) is 1. The average molecular weight is 396 g/mol. The molecule has 5 heteroatoms. The minimum Gasteiger partial charge on any atom is -0.331 e. The van der Waals surface area contributed by atoms with Gasteiger partial charge >= 0.3 is 0 Å². The summed E-state index contributed by atoms with van der Waals surface area (Å²) in [4.78, 5) is 2.16. The molecule has 0 unspecified atom stereocenters. The van der Waals surface area contributed by atoms with Crippen LogP contribution in [-0.2, 0) is 6.42 Å². The molecule has 2 nitrogen and oxygen atoms in total. The fourth-order valence-corrected chi connectivity index (χ4v) is 3.73. The molecule has 0 saturated heterocycles. The zero-order valence-corrected chi connectivity index (χ0v) is 15.4. The Bertz CT molecular complexity index is 733. The molecular formula is C17H16BrClN2S. The fourth-order valence-electron chi connectivity index (χ4n) is 2.71. The Morgan fingerprint density at radius 3 is 2.86 bits per heavy atom. The number of fused-ring (bicyclic) bond motifs is 1. The molecule has 0 aliphatic carbocycles. The molecular weight excluding hydrogens is 380 g/mol. The van der Waals surface area contributed by atoms with Crippen molar-refractivity contribution in [1.29, 1.82) is 0 Å². The summed E-state index contributed by atoms with van der Waals surface area (Å²) in [5.41, 5.74) is 4.67. The van der Waals surface area contributed by atoms with Gasteiger partial charge in [-0.05, 0) is 61.8 Å². The summed E-state index contributed by atoms with van der Waals surface area (Å²) in [6.07, 6.45) is 2.21. The first-order chi connectivity index (χ1) is 10.5. The Morgan fingerprint density at radius 1 is 1.27 bits per heavy atom. The van der Waals surface area contributed by atoms with Crippen molar-refractivity contribution in [3.8, 4) is 0 Å². The molecule has 1 aliphatic heterocycles. The third kappa shape index (κ3) is 3.29. The lowest BCUT2D eigenvalue weighted by Crippen LogP contribution is -2.38. The zero-order chi connectivity index (χ0) is 15.7. The van der Waals surface area contributed by atoms with E-state index in [9.17, 15) is 0 Å². The summed E-state index contributed by atoms with van der Waals surface area (Å²) in [6, 6.07) is 12.3. The van der Waals surface area contributed by atoms with Crippen LogP contribution in [0.1, 0.15) is 17.5 Å². The van der Waals surface area contributed by atoms with E-state index in [-0.39, 0.29) is 0 Å². The van der Waals surface area contributed by atoms with E-state index in [0.717, 1.165) is 29.5 Å². The number of aryl methyl sites for hydroxylation is 2. The summed E-state index contributed by atoms with van der Waals surface area (Å²) in [6.45, 7) is 3.05. The van der Waals surface area contributed by atoms with E-state index in [1.165, 1.54) is 16.8 Å². The molecule has 0 saturated carbocycles. The molecule has 0 amide bonds. The number of halogens is 2. The number of hydrogen-bond acceptors (Lipinski definition) is 1. The van der Waals surface area contributed by atoms with E-state index in [1.54, 1.807) is 0 Å². The van der Waals surface area contributed by atoms with Gasteiger partial charge in [0.1, 0.15) is 0 Å². The van der Waals surface area contributed by atoms with Gasteiger partial charge in [-0.2, -0.15) is 0 Å². The van der Waals surface area contributed by atoms with Crippen molar-refractivity contribution < 1.29 is 0 Å². The first-order valence-corrected chi connectivity index (χ1v) is 8.75. The molecule has 1 N–H and O–H groups in total. The van der Waals surface area contributed by atoms with Gasteiger partial charge in [0.2, 0.25) is 0 Å². The highest BCUT2D eigenvalue weighted by atomic mass is 79.9. The van der Waals surface area contributed by atoms with Gasteiger partial charge in [-0.1, -0.05) is 45.2 Å². The second-order valence-corrected chi connectivity index (χ2v) is 7.15. The second kappa shape index (κ2) is 6.57. The molecule has 0 fully saturated rings. The van der Waals surface area contributed by atoms with Crippen molar-refractivity contribution in [3.63, 3.8) is 0 Å². The predicted molar refractivity (Wildman–Crippen MR) is 102 cm³/mol. The van der Waals surface area contributed by atoms with E-state index in [4.69, 9.17) is 23.8 Å². The predicted octanol–water partition coefficient (Wildman–Crippen LogP) is 5.56. The van der Waals surface area contributed by atoms with Crippen molar-refractivity contribution >= 4 is 56.2 Å². The van der Waals surface area contributed by atoms with Crippen molar-refractivity contribution in [2.45, 2.75) is 19.8 Å². The number of nitrogens with one attached hydrogen (secondary N) is 1. The summed E-state index contributed by atoms with van der Waals surface area (Å²) < 4.78 is 0.952. The molecule has 0 spiro atoms. The Balaban J connectivity index is 1.85. The Hall–Kier alpha value is -1.10. The molecule has 2 aromatic carbocycles. The molecule has 0 atom stereocenters. The molecule has 0 aromatic heterocycles. The maximum absolute atomic E-state index is 6.26. The van der Waals surface area contributed by atoms with Crippen LogP contribution in [0.2, 0.25) is 5.02 Å². The van der Waals surface area contributed by atoms with Gasteiger partial charge in [-0.25, -0.2) is 0 Å². The van der Waals surface area contributed by atoms with Crippen LogP contribution in [0, 0.1) is 6.92 Å². The van der Waals surface area contributed by atoms with Crippen LogP contribution in [0.4, 0.5) is 11.4 Å². The summed E-state index contributed by atoms with van der Waals surface area (Å²) in [5, 5.41) is 4.61. The van der Waals surface area contributed by atoms with Crippen LogP contribution in [0.15, 0.2) is 40.9 Å². The van der Waals surface area contributed by atoms with Crippen molar-refractivity contribution in [2.75, 3.05) is 16.8 Å². The minimum absolute atomic E-state index is 0.651. The normalized spacial score (nSPS) is 13.7. The van der Waals surface area contributed by atoms with Crippen molar-refractivity contribution in [1.82, 2.24) is 0 Å². The van der Waals surface area contributed by atoms with Crippen molar-refractivity contribution in [2.24, 2.45) is 0 Å². The van der Waals surface area contributed by atoms with Gasteiger partial charge in [0.05, 0.1) is 10.7 Å². The Kier molecular flexibility index (Phi) is 4.71. The lowest BCUT2D eigenvalue weighted by atomic mass is 10.00. The largest absolute Gasteiger partial charge is 0.331 e. The molecule has 2 aromatic rings. The monoisotopic (exact) mass is 394 g/mol. The van der Waals surface area contributed by atoms with E-state index >= 15 is 0 Å². The lowest BCUT2D eigenvalue weighted by molar-refractivity contribution is 0.780. The van der Waals surface area contributed by atoms with Gasteiger partial charge < -0.3 is 10.2 Å². The van der Waals surface area contributed by atoms with Crippen LogP contribution < -0.4 is 10.2 Å². The second-order valence-electron chi connectivity index (χ2n) is 5.44. The van der Waals surface area contributed by atoms with Crippen LogP contribution in [0.25, 0.3) is 0 Å². The van der Waals surface area contributed by atoms with Gasteiger partial charge in [0.25, 0.3) is 0 Å². The molecule has 3 rings (SSSR count). The third-order valence-corrected chi connectivity index (χ3v) is 4.90. The van der Waals surface area contributed by atoms with E-state index in [1.807, 2.05) is 18.2 Å². The highest BCUT2D eigenvalue weighted by Gasteiger charge is 2.20. The number of thiocarbonyl (C=S) groups is 1. The van der Waals surface area contributed by atoms with Crippen LogP contribution >= 0.6 is 39.7 Å². The lowest BCUT2D eigenvalue weighted by Gasteiger charge is -2.32. The maximum Gasteiger partial charge on any atom is 0.177 e. The fraction of sp³-hybridized carbons (Fsp3) is 0.235. The Morgan fingerprint density at radius 2 is 2.09 bits per heavy atom. The SMILES string of the molecule is Cc1ccc2c(c1)CCCN2C(=S)Nc1ccc(Br)cc1Cl. The molecule has 1 heterocycles. The van der Waals surface area contributed by atoms with Gasteiger partial charge in [0, 0.05) is 16.7 Å². The van der Waals surface area contributed by atoms with E-state index in [0.29, 0.717) is 10.1 Å². The Labute approximate surface area is 149 Å². The highest BCUT2D eigenvalue weighted by molar-refractivity contribution is 9.10. The van der Waals surface area contributed by atoms with Crippen LogP contribution in [0.3, 0.4) is 0 Å². The molecule has 114 valence electrons. The topological polar surface area (TPSA) is 15.3 Å². The number of hydrogen-bond donors (Lipinski definition) is 1. The summed E-state index contributed by atoms with van der Waals surface area (Å²) in [5.74, 6) is 0. The third-order valence-electron chi connectivity index (χ3n) is 3.77. The van der Waals surface area contributed by atoms with Crippen LogP contribution in [0.5, 0.6) is 0 Å². The summed E-state index contributed by atoms with van der Waals surface area (Å²) in [7, 11) is 0. The quantitative estimate of drug-likeness (QED) is 0.636. The minimum atomic E-state index is 0.651. The van der Waals surface area contributed by atoms with E-state index in [2.05, 4.69) is 51.3 Å². The van der Waals surface area contributed by atoms with Gasteiger partial charge in [-0.15, -0.1) is 0 Å². The zero-order valence-electron chi connectivity index (χ0n) is 12.2. The number of benzene rings is 2.